The number of amides is 1. The molecule has 5 nitrogen and oxygen atoms in total. The highest BCUT2D eigenvalue weighted by atomic mass is 79.9. The molecule has 2 aromatic rings. The Balaban J connectivity index is 1.85. The molecule has 0 aliphatic carbocycles. The van der Waals surface area contributed by atoms with E-state index in [0.717, 1.165) is 12.4 Å². The van der Waals surface area contributed by atoms with Crippen molar-refractivity contribution in [1.82, 2.24) is 19.4 Å². The van der Waals surface area contributed by atoms with Crippen LogP contribution < -0.4 is 0 Å². The topological polar surface area (TPSA) is 51.0 Å². The van der Waals surface area contributed by atoms with Gasteiger partial charge in [0.25, 0.3) is 5.91 Å². The van der Waals surface area contributed by atoms with Crippen molar-refractivity contribution in [3.05, 3.63) is 46.7 Å². The summed E-state index contributed by atoms with van der Waals surface area (Å²) in [5.41, 5.74) is 0.595. The molecule has 0 spiro atoms. The summed E-state index contributed by atoms with van der Waals surface area (Å²) in [5.74, 6) is 0.916. The van der Waals surface area contributed by atoms with Gasteiger partial charge >= 0.3 is 0 Å². The lowest BCUT2D eigenvalue weighted by molar-refractivity contribution is 0.0706. The van der Waals surface area contributed by atoms with E-state index < -0.39 is 0 Å². The third-order valence-electron chi connectivity index (χ3n) is 3.02. The zero-order chi connectivity index (χ0) is 12.5. The minimum atomic E-state index is -0.00998. The summed E-state index contributed by atoms with van der Waals surface area (Å²) in [4.78, 5) is 22.5. The first kappa shape index (κ1) is 11.4. The summed E-state index contributed by atoms with van der Waals surface area (Å²) < 4.78 is 2.66. The maximum absolute atomic E-state index is 12.4. The predicted molar refractivity (Wildman–Crippen MR) is 68.9 cm³/mol. The SMILES string of the molecule is O=C(c1cccnc1Br)N1CCn2ccnc2C1. The highest BCUT2D eigenvalue weighted by molar-refractivity contribution is 9.10. The summed E-state index contributed by atoms with van der Waals surface area (Å²) in [6, 6.07) is 3.55. The summed E-state index contributed by atoms with van der Waals surface area (Å²) >= 11 is 3.31. The maximum atomic E-state index is 12.4. The zero-order valence-electron chi connectivity index (χ0n) is 9.58. The quantitative estimate of drug-likeness (QED) is 0.754. The van der Waals surface area contributed by atoms with E-state index in [-0.39, 0.29) is 5.91 Å². The Hall–Kier alpha value is -1.69. The van der Waals surface area contributed by atoms with E-state index in [0.29, 0.717) is 23.3 Å². The van der Waals surface area contributed by atoms with Crippen molar-refractivity contribution in [2.75, 3.05) is 6.54 Å². The number of carbonyl (C=O) groups excluding carboxylic acids is 1. The molecule has 1 aliphatic rings. The molecule has 2 aromatic heterocycles. The monoisotopic (exact) mass is 306 g/mol. The second-order valence-corrected chi connectivity index (χ2v) is 4.86. The van der Waals surface area contributed by atoms with Crippen LogP contribution in [0.3, 0.4) is 0 Å². The molecule has 0 unspecified atom stereocenters. The minimum absolute atomic E-state index is 0.00998. The molecule has 1 aliphatic heterocycles. The number of imidazole rings is 1. The van der Waals surface area contributed by atoms with E-state index in [4.69, 9.17) is 0 Å². The Kier molecular flexibility index (Phi) is 2.87. The number of nitrogens with zero attached hydrogens (tertiary/aromatic N) is 4. The number of hydrogen-bond donors (Lipinski definition) is 0. The number of carbonyl (C=O) groups is 1. The van der Waals surface area contributed by atoms with Gasteiger partial charge < -0.3 is 9.47 Å². The lowest BCUT2D eigenvalue weighted by Gasteiger charge is -2.27. The van der Waals surface area contributed by atoms with Crippen molar-refractivity contribution in [2.24, 2.45) is 0 Å². The molecule has 0 atom stereocenters. The van der Waals surface area contributed by atoms with Gasteiger partial charge in [-0.2, -0.15) is 0 Å². The fourth-order valence-electron chi connectivity index (χ4n) is 2.06. The van der Waals surface area contributed by atoms with Gasteiger partial charge in [0.1, 0.15) is 10.4 Å². The van der Waals surface area contributed by atoms with Gasteiger partial charge in [0.2, 0.25) is 0 Å². The normalized spacial score (nSPS) is 14.4. The Morgan fingerprint density at radius 2 is 2.17 bits per heavy atom. The molecule has 18 heavy (non-hydrogen) atoms. The maximum Gasteiger partial charge on any atom is 0.257 e. The van der Waals surface area contributed by atoms with Gasteiger partial charge in [0.15, 0.2) is 0 Å². The van der Waals surface area contributed by atoms with Crippen LogP contribution in [0.15, 0.2) is 35.3 Å². The molecule has 0 N–H and O–H groups in total. The van der Waals surface area contributed by atoms with E-state index in [1.165, 1.54) is 0 Å². The fraction of sp³-hybridized carbons (Fsp3) is 0.250. The standard InChI is InChI=1S/C12H11BrN4O/c13-11-9(2-1-3-15-11)12(18)17-7-6-16-5-4-14-10(16)8-17/h1-5H,6-8H2. The van der Waals surface area contributed by atoms with Crippen LogP contribution in [0.25, 0.3) is 0 Å². The van der Waals surface area contributed by atoms with Gasteiger partial charge in [0, 0.05) is 31.7 Å². The van der Waals surface area contributed by atoms with Crippen LogP contribution in [-0.2, 0) is 13.1 Å². The van der Waals surface area contributed by atoms with Crippen LogP contribution in [0.5, 0.6) is 0 Å². The molecule has 0 saturated carbocycles. The lowest BCUT2D eigenvalue weighted by Crippen LogP contribution is -2.38. The molecule has 0 bridgehead atoms. The molecule has 0 radical (unpaired) electrons. The Morgan fingerprint density at radius 1 is 1.28 bits per heavy atom. The molecule has 92 valence electrons. The molecule has 0 fully saturated rings. The van der Waals surface area contributed by atoms with Crippen LogP contribution in [-0.4, -0.2) is 31.9 Å². The van der Waals surface area contributed by atoms with Crippen LogP contribution >= 0.6 is 15.9 Å². The minimum Gasteiger partial charge on any atom is -0.332 e. The summed E-state index contributed by atoms with van der Waals surface area (Å²) in [6.07, 6.45) is 5.37. The van der Waals surface area contributed by atoms with Crippen LogP contribution in [0, 0.1) is 0 Å². The smallest absolute Gasteiger partial charge is 0.257 e. The highest BCUT2D eigenvalue weighted by Crippen LogP contribution is 2.18. The molecular formula is C12H11BrN4O. The van der Waals surface area contributed by atoms with Gasteiger partial charge in [0.05, 0.1) is 12.1 Å². The summed E-state index contributed by atoms with van der Waals surface area (Å²) in [5, 5.41) is 0. The van der Waals surface area contributed by atoms with Gasteiger partial charge in [-0.1, -0.05) is 0 Å². The van der Waals surface area contributed by atoms with Crippen molar-refractivity contribution >= 4 is 21.8 Å². The number of aromatic nitrogens is 3. The van der Waals surface area contributed by atoms with Crippen molar-refractivity contribution in [3.63, 3.8) is 0 Å². The van der Waals surface area contributed by atoms with Gasteiger partial charge in [-0.25, -0.2) is 9.97 Å². The second kappa shape index (κ2) is 4.53. The Bertz CT molecular complexity index is 595. The van der Waals surface area contributed by atoms with Crippen molar-refractivity contribution in [1.29, 1.82) is 0 Å². The molecule has 3 heterocycles. The van der Waals surface area contributed by atoms with Crippen LogP contribution in [0.2, 0.25) is 0 Å². The predicted octanol–water partition coefficient (Wildman–Crippen LogP) is 1.70. The lowest BCUT2D eigenvalue weighted by atomic mass is 10.2. The molecule has 0 aromatic carbocycles. The summed E-state index contributed by atoms with van der Waals surface area (Å²) in [7, 11) is 0. The number of halogens is 1. The van der Waals surface area contributed by atoms with E-state index in [9.17, 15) is 4.79 Å². The summed E-state index contributed by atoms with van der Waals surface area (Å²) in [6.45, 7) is 2.04. The number of fused-ring (bicyclic) bond motifs is 1. The van der Waals surface area contributed by atoms with Crippen LogP contribution in [0.1, 0.15) is 16.2 Å². The van der Waals surface area contributed by atoms with E-state index in [2.05, 4.69) is 30.5 Å². The van der Waals surface area contributed by atoms with Gasteiger partial charge in [-0.3, -0.25) is 4.79 Å². The van der Waals surface area contributed by atoms with Gasteiger partial charge in [-0.15, -0.1) is 0 Å². The first-order chi connectivity index (χ1) is 8.75. The van der Waals surface area contributed by atoms with Crippen LogP contribution in [0.4, 0.5) is 0 Å². The van der Waals surface area contributed by atoms with E-state index in [1.54, 1.807) is 29.4 Å². The van der Waals surface area contributed by atoms with E-state index in [1.807, 2.05) is 6.20 Å². The third kappa shape index (κ3) is 1.92. The molecule has 0 saturated heterocycles. The molecular weight excluding hydrogens is 296 g/mol. The highest BCUT2D eigenvalue weighted by Gasteiger charge is 2.23. The Labute approximate surface area is 113 Å². The molecule has 3 rings (SSSR count). The van der Waals surface area contributed by atoms with Crippen molar-refractivity contribution in [3.8, 4) is 0 Å². The zero-order valence-corrected chi connectivity index (χ0v) is 11.2. The first-order valence-electron chi connectivity index (χ1n) is 5.65. The average molecular weight is 307 g/mol. The number of rotatable bonds is 1. The number of hydrogen-bond acceptors (Lipinski definition) is 3. The van der Waals surface area contributed by atoms with Crippen molar-refractivity contribution < 1.29 is 4.79 Å². The number of pyridine rings is 1. The van der Waals surface area contributed by atoms with E-state index >= 15 is 0 Å². The third-order valence-corrected chi connectivity index (χ3v) is 3.65. The Morgan fingerprint density at radius 3 is 3.00 bits per heavy atom. The first-order valence-corrected chi connectivity index (χ1v) is 6.45. The van der Waals surface area contributed by atoms with Gasteiger partial charge in [-0.05, 0) is 28.1 Å². The molecule has 6 heteroatoms. The molecule has 1 amide bonds. The van der Waals surface area contributed by atoms with Crippen molar-refractivity contribution in [2.45, 2.75) is 13.1 Å². The second-order valence-electron chi connectivity index (χ2n) is 4.11. The largest absolute Gasteiger partial charge is 0.332 e. The fourth-order valence-corrected chi connectivity index (χ4v) is 2.48. The average Bonchev–Trinajstić information content (AvgIpc) is 2.85.